The molecule has 2 heterocycles. The summed E-state index contributed by atoms with van der Waals surface area (Å²) < 4.78 is 40.1. The van der Waals surface area contributed by atoms with Crippen LogP contribution in [0.3, 0.4) is 0 Å². The Morgan fingerprint density at radius 3 is 2.32 bits per heavy atom. The fourth-order valence-electron chi connectivity index (χ4n) is 4.22. The lowest BCUT2D eigenvalue weighted by atomic mass is 9.91. The summed E-state index contributed by atoms with van der Waals surface area (Å²) in [5.74, 6) is -0.522. The van der Waals surface area contributed by atoms with Crippen LogP contribution in [0.25, 0.3) is 10.4 Å². The molecule has 2 aliphatic rings. The number of hydrogen-bond acceptors (Lipinski definition) is 4. The Labute approximate surface area is 184 Å². The quantitative estimate of drug-likeness (QED) is 0.602. The highest BCUT2D eigenvalue weighted by Crippen LogP contribution is 2.39. The molecule has 1 aliphatic carbocycles. The van der Waals surface area contributed by atoms with Crippen molar-refractivity contribution in [3.8, 4) is 10.4 Å². The SMILES string of the molecule is O=C(c1cc2c(s1)-c1ccccc1CC2)N1CCN(S(=O)(=O)c2ccc(F)cc2)CC1. The molecule has 0 unspecified atom stereocenters. The number of carbonyl (C=O) groups is 1. The van der Waals surface area contributed by atoms with E-state index in [1.165, 1.54) is 49.3 Å². The van der Waals surface area contributed by atoms with Crippen molar-refractivity contribution in [2.75, 3.05) is 26.2 Å². The average Bonchev–Trinajstić information content (AvgIpc) is 3.24. The molecule has 0 N–H and O–H groups in total. The molecule has 2 aromatic carbocycles. The van der Waals surface area contributed by atoms with E-state index in [1.807, 2.05) is 18.2 Å². The average molecular weight is 457 g/mol. The zero-order valence-corrected chi connectivity index (χ0v) is 18.4. The number of halogens is 1. The topological polar surface area (TPSA) is 57.7 Å². The van der Waals surface area contributed by atoms with E-state index < -0.39 is 15.8 Å². The van der Waals surface area contributed by atoms with Gasteiger partial charge in [0.25, 0.3) is 5.91 Å². The highest BCUT2D eigenvalue weighted by atomic mass is 32.2. The van der Waals surface area contributed by atoms with Crippen LogP contribution in [0.1, 0.15) is 20.8 Å². The number of rotatable bonds is 3. The number of aryl methyl sites for hydroxylation is 2. The number of amides is 1. The second-order valence-corrected chi connectivity index (χ2v) is 10.8. The lowest BCUT2D eigenvalue weighted by Crippen LogP contribution is -2.50. The molecule has 1 saturated heterocycles. The van der Waals surface area contributed by atoms with E-state index in [9.17, 15) is 17.6 Å². The molecule has 0 atom stereocenters. The van der Waals surface area contributed by atoms with Crippen LogP contribution >= 0.6 is 11.3 Å². The first kappa shape index (κ1) is 20.4. The minimum atomic E-state index is -3.70. The monoisotopic (exact) mass is 456 g/mol. The van der Waals surface area contributed by atoms with E-state index in [0.29, 0.717) is 18.0 Å². The number of thiophene rings is 1. The van der Waals surface area contributed by atoms with Gasteiger partial charge < -0.3 is 4.90 Å². The third-order valence-electron chi connectivity index (χ3n) is 5.92. The fourth-order valence-corrected chi connectivity index (χ4v) is 6.88. The van der Waals surface area contributed by atoms with Crippen LogP contribution in [-0.2, 0) is 22.9 Å². The molecular formula is C23H21FN2O3S2. The summed E-state index contributed by atoms with van der Waals surface area (Å²) in [6, 6.07) is 15.1. The zero-order chi connectivity index (χ0) is 21.6. The lowest BCUT2D eigenvalue weighted by Gasteiger charge is -2.33. The first-order chi connectivity index (χ1) is 14.9. The van der Waals surface area contributed by atoms with Crippen molar-refractivity contribution in [2.45, 2.75) is 17.7 Å². The van der Waals surface area contributed by atoms with Crippen LogP contribution in [0.15, 0.2) is 59.5 Å². The molecule has 1 aliphatic heterocycles. The number of fused-ring (bicyclic) bond motifs is 3. The van der Waals surface area contributed by atoms with Crippen molar-refractivity contribution in [3.63, 3.8) is 0 Å². The van der Waals surface area contributed by atoms with Crippen LogP contribution in [0.2, 0.25) is 0 Å². The molecule has 1 fully saturated rings. The zero-order valence-electron chi connectivity index (χ0n) is 16.8. The summed E-state index contributed by atoms with van der Waals surface area (Å²) in [5, 5.41) is 0. The largest absolute Gasteiger partial charge is 0.335 e. The van der Waals surface area contributed by atoms with Gasteiger partial charge in [0.05, 0.1) is 9.77 Å². The molecule has 5 rings (SSSR count). The number of hydrogen-bond donors (Lipinski definition) is 0. The van der Waals surface area contributed by atoms with Gasteiger partial charge in [-0.2, -0.15) is 4.31 Å². The Morgan fingerprint density at radius 2 is 1.58 bits per heavy atom. The van der Waals surface area contributed by atoms with Gasteiger partial charge in [-0.1, -0.05) is 24.3 Å². The normalized spacial score (nSPS) is 16.6. The molecule has 31 heavy (non-hydrogen) atoms. The smallest absolute Gasteiger partial charge is 0.264 e. The van der Waals surface area contributed by atoms with Crippen molar-refractivity contribution in [2.24, 2.45) is 0 Å². The third kappa shape index (κ3) is 3.69. The van der Waals surface area contributed by atoms with Crippen LogP contribution < -0.4 is 0 Å². The Balaban J connectivity index is 1.30. The Morgan fingerprint density at radius 1 is 0.903 bits per heavy atom. The van der Waals surface area contributed by atoms with Crippen LogP contribution in [0.5, 0.6) is 0 Å². The van der Waals surface area contributed by atoms with Gasteiger partial charge in [0.15, 0.2) is 0 Å². The number of carbonyl (C=O) groups excluding carboxylic acids is 1. The van der Waals surface area contributed by atoms with Crippen molar-refractivity contribution in [1.82, 2.24) is 9.21 Å². The summed E-state index contributed by atoms with van der Waals surface area (Å²) >= 11 is 1.53. The Kier molecular flexibility index (Phi) is 5.16. The Hall–Kier alpha value is -2.55. The maximum absolute atomic E-state index is 13.1. The van der Waals surface area contributed by atoms with Gasteiger partial charge in [0.2, 0.25) is 10.0 Å². The van der Waals surface area contributed by atoms with Crippen molar-refractivity contribution in [1.29, 1.82) is 0 Å². The summed E-state index contributed by atoms with van der Waals surface area (Å²) in [7, 11) is -3.70. The van der Waals surface area contributed by atoms with E-state index in [4.69, 9.17) is 0 Å². The lowest BCUT2D eigenvalue weighted by molar-refractivity contribution is 0.0702. The number of nitrogens with zero attached hydrogens (tertiary/aromatic N) is 2. The van der Waals surface area contributed by atoms with Crippen LogP contribution in [0.4, 0.5) is 4.39 Å². The number of piperazine rings is 1. The Bertz CT molecular complexity index is 1240. The maximum Gasteiger partial charge on any atom is 0.264 e. The number of benzene rings is 2. The summed E-state index contributed by atoms with van der Waals surface area (Å²) in [6.07, 6.45) is 1.91. The fraction of sp³-hybridized carbons (Fsp3) is 0.261. The molecule has 8 heteroatoms. The second kappa shape index (κ2) is 7.85. The predicted molar refractivity (Wildman–Crippen MR) is 118 cm³/mol. The first-order valence-corrected chi connectivity index (χ1v) is 12.4. The molecule has 160 valence electrons. The molecule has 0 bridgehead atoms. The van der Waals surface area contributed by atoms with Gasteiger partial charge in [0, 0.05) is 31.1 Å². The third-order valence-corrected chi connectivity index (χ3v) is 9.03. The molecule has 0 spiro atoms. The standard InChI is InChI=1S/C23H21FN2O3S2/c24-18-7-9-19(10-8-18)31(28,29)26-13-11-25(12-14-26)23(27)21-15-17-6-5-16-3-1-2-4-20(16)22(17)30-21/h1-4,7-10,15H,5-6,11-14H2. The summed E-state index contributed by atoms with van der Waals surface area (Å²) in [4.78, 5) is 16.8. The second-order valence-electron chi connectivity index (χ2n) is 7.77. The van der Waals surface area contributed by atoms with Crippen molar-refractivity contribution < 1.29 is 17.6 Å². The highest BCUT2D eigenvalue weighted by Gasteiger charge is 2.31. The van der Waals surface area contributed by atoms with Crippen molar-refractivity contribution >= 4 is 27.3 Å². The maximum atomic E-state index is 13.1. The predicted octanol–water partition coefficient (Wildman–Crippen LogP) is 3.80. The van der Waals surface area contributed by atoms with Gasteiger partial charge in [-0.3, -0.25) is 4.79 Å². The van der Waals surface area contributed by atoms with Crippen LogP contribution in [0, 0.1) is 5.82 Å². The molecule has 0 radical (unpaired) electrons. The van der Waals surface area contributed by atoms with E-state index in [1.54, 1.807) is 4.90 Å². The highest BCUT2D eigenvalue weighted by molar-refractivity contribution is 7.89. The summed E-state index contributed by atoms with van der Waals surface area (Å²) in [5.41, 5.74) is 3.74. The minimum absolute atomic E-state index is 0.0456. The molecular weight excluding hydrogens is 435 g/mol. The molecule has 1 amide bonds. The molecule has 1 aromatic heterocycles. The van der Waals surface area contributed by atoms with Gasteiger partial charge in [-0.15, -0.1) is 11.3 Å². The minimum Gasteiger partial charge on any atom is -0.335 e. The van der Waals surface area contributed by atoms with Crippen molar-refractivity contribution in [3.05, 3.63) is 76.4 Å². The first-order valence-electron chi connectivity index (χ1n) is 10.2. The van der Waals surface area contributed by atoms with E-state index >= 15 is 0 Å². The molecule has 0 saturated carbocycles. The number of sulfonamides is 1. The van der Waals surface area contributed by atoms with Gasteiger partial charge in [-0.05, 0) is 59.9 Å². The van der Waals surface area contributed by atoms with Gasteiger partial charge >= 0.3 is 0 Å². The van der Waals surface area contributed by atoms with E-state index in [-0.39, 0.29) is 23.9 Å². The van der Waals surface area contributed by atoms with Gasteiger partial charge in [0.1, 0.15) is 5.82 Å². The van der Waals surface area contributed by atoms with E-state index in [0.717, 1.165) is 25.0 Å². The van der Waals surface area contributed by atoms with E-state index in [2.05, 4.69) is 12.1 Å². The summed E-state index contributed by atoms with van der Waals surface area (Å²) in [6.45, 7) is 1.11. The van der Waals surface area contributed by atoms with Crippen LogP contribution in [-0.4, -0.2) is 49.7 Å². The van der Waals surface area contributed by atoms with Gasteiger partial charge in [-0.25, -0.2) is 12.8 Å². The molecule has 3 aromatic rings. The molecule has 5 nitrogen and oxygen atoms in total.